The number of nitro groups is 1. The molecular formula is C24H20N2O5. The van der Waals surface area contributed by atoms with Gasteiger partial charge in [-0.25, -0.2) is 0 Å². The van der Waals surface area contributed by atoms with Crippen LogP contribution in [0.1, 0.15) is 11.1 Å². The predicted octanol–water partition coefficient (Wildman–Crippen LogP) is 4.61. The van der Waals surface area contributed by atoms with Crippen LogP contribution in [0.15, 0.2) is 78.9 Å². The van der Waals surface area contributed by atoms with E-state index in [9.17, 15) is 14.9 Å². The topological polar surface area (TPSA) is 81.9 Å². The van der Waals surface area contributed by atoms with E-state index in [-0.39, 0.29) is 11.6 Å². The summed E-state index contributed by atoms with van der Waals surface area (Å²) in [5.41, 5.74) is 2.24. The number of rotatable bonds is 6. The monoisotopic (exact) mass is 416 g/mol. The largest absolute Gasteiger partial charge is 0.490 e. The number of nitrogens with zero attached hydrogens (tertiary/aromatic N) is 2. The first-order valence-corrected chi connectivity index (χ1v) is 9.78. The van der Waals surface area contributed by atoms with Gasteiger partial charge in [0, 0.05) is 18.2 Å². The molecule has 0 spiro atoms. The highest BCUT2D eigenvalue weighted by Crippen LogP contribution is 2.35. The van der Waals surface area contributed by atoms with Crippen molar-refractivity contribution in [2.45, 2.75) is 6.61 Å². The Labute approximate surface area is 179 Å². The Bertz CT molecular complexity index is 1110. The molecule has 0 aliphatic carbocycles. The summed E-state index contributed by atoms with van der Waals surface area (Å²) < 4.78 is 11.3. The van der Waals surface area contributed by atoms with Gasteiger partial charge in [-0.3, -0.25) is 14.9 Å². The third kappa shape index (κ3) is 4.90. The summed E-state index contributed by atoms with van der Waals surface area (Å²) in [6.45, 7) is 1.14. The molecule has 4 rings (SSSR count). The van der Waals surface area contributed by atoms with Gasteiger partial charge in [-0.1, -0.05) is 42.5 Å². The zero-order valence-corrected chi connectivity index (χ0v) is 16.6. The second-order valence-corrected chi connectivity index (χ2v) is 6.92. The lowest BCUT2D eigenvalue weighted by Crippen LogP contribution is -2.36. The predicted molar refractivity (Wildman–Crippen MR) is 117 cm³/mol. The highest BCUT2D eigenvalue weighted by atomic mass is 16.6. The quantitative estimate of drug-likeness (QED) is 0.333. The molecule has 0 radical (unpaired) electrons. The highest BCUT2D eigenvalue weighted by molar-refractivity contribution is 6.05. The molecule has 0 unspecified atom stereocenters. The summed E-state index contributed by atoms with van der Waals surface area (Å²) in [4.78, 5) is 24.8. The number of non-ortho nitro benzene ring substituents is 1. The van der Waals surface area contributed by atoms with Crippen molar-refractivity contribution in [2.24, 2.45) is 0 Å². The maximum atomic E-state index is 12.7. The van der Waals surface area contributed by atoms with Crippen LogP contribution in [0, 0.1) is 10.1 Å². The molecule has 0 fully saturated rings. The van der Waals surface area contributed by atoms with Crippen molar-refractivity contribution < 1.29 is 19.2 Å². The lowest BCUT2D eigenvalue weighted by Gasteiger charge is -2.28. The van der Waals surface area contributed by atoms with Crippen LogP contribution in [-0.2, 0) is 11.4 Å². The van der Waals surface area contributed by atoms with Gasteiger partial charge in [0.1, 0.15) is 24.7 Å². The van der Waals surface area contributed by atoms with Crippen LogP contribution >= 0.6 is 0 Å². The van der Waals surface area contributed by atoms with Gasteiger partial charge in [0.15, 0.2) is 0 Å². The second kappa shape index (κ2) is 9.13. The molecule has 31 heavy (non-hydrogen) atoms. The van der Waals surface area contributed by atoms with Crippen LogP contribution in [0.25, 0.3) is 6.08 Å². The maximum Gasteiger partial charge on any atom is 0.271 e. The molecule has 7 nitrogen and oxygen atoms in total. The number of amides is 1. The summed E-state index contributed by atoms with van der Waals surface area (Å²) in [6, 6.07) is 21.6. The number of fused-ring (bicyclic) bond motifs is 1. The average molecular weight is 416 g/mol. The third-order valence-corrected chi connectivity index (χ3v) is 4.83. The Hall–Kier alpha value is -4.13. The molecule has 0 atom stereocenters. The van der Waals surface area contributed by atoms with Crippen molar-refractivity contribution in [3.8, 4) is 11.5 Å². The third-order valence-electron chi connectivity index (χ3n) is 4.83. The Kier molecular flexibility index (Phi) is 5.93. The van der Waals surface area contributed by atoms with E-state index in [1.165, 1.54) is 29.2 Å². The molecule has 0 N–H and O–H groups in total. The minimum atomic E-state index is -0.491. The van der Waals surface area contributed by atoms with Crippen molar-refractivity contribution in [3.63, 3.8) is 0 Å². The SMILES string of the molecule is O=C(/C=C/c1ccc(OCc2ccccc2)cc1)N1CCOc2ccc([N+](=O)[O-])cc21. The van der Waals surface area contributed by atoms with Gasteiger partial charge in [-0.2, -0.15) is 0 Å². The number of hydrogen-bond acceptors (Lipinski definition) is 5. The zero-order chi connectivity index (χ0) is 21.6. The summed E-state index contributed by atoms with van der Waals surface area (Å²) >= 11 is 0. The smallest absolute Gasteiger partial charge is 0.271 e. The molecule has 0 saturated carbocycles. The van der Waals surface area contributed by atoms with E-state index in [1.54, 1.807) is 6.08 Å². The van der Waals surface area contributed by atoms with Gasteiger partial charge in [0.05, 0.1) is 17.2 Å². The summed E-state index contributed by atoms with van der Waals surface area (Å²) in [5, 5.41) is 11.1. The molecular weight excluding hydrogens is 396 g/mol. The first kappa shape index (κ1) is 20.2. The molecule has 1 aliphatic rings. The van der Waals surface area contributed by atoms with Crippen molar-refractivity contribution in [1.29, 1.82) is 0 Å². The van der Waals surface area contributed by atoms with Crippen LogP contribution in [0.2, 0.25) is 0 Å². The fourth-order valence-corrected chi connectivity index (χ4v) is 3.22. The number of carbonyl (C=O) groups excluding carboxylic acids is 1. The van der Waals surface area contributed by atoms with Crippen molar-refractivity contribution in [2.75, 3.05) is 18.1 Å². The molecule has 0 aromatic heterocycles. The van der Waals surface area contributed by atoms with E-state index in [1.807, 2.05) is 54.6 Å². The van der Waals surface area contributed by atoms with E-state index >= 15 is 0 Å². The second-order valence-electron chi connectivity index (χ2n) is 6.92. The van der Waals surface area contributed by atoms with E-state index in [2.05, 4.69) is 0 Å². The van der Waals surface area contributed by atoms with Crippen molar-refractivity contribution in [1.82, 2.24) is 0 Å². The number of anilines is 1. The van der Waals surface area contributed by atoms with Crippen LogP contribution in [-0.4, -0.2) is 24.0 Å². The number of carbonyl (C=O) groups is 1. The molecule has 0 saturated heterocycles. The molecule has 0 bridgehead atoms. The van der Waals surface area contributed by atoms with Gasteiger partial charge >= 0.3 is 0 Å². The standard InChI is InChI=1S/C24H20N2O5/c27-24(25-14-15-30-23-12-9-20(26(28)29)16-22(23)25)13-8-18-6-10-21(11-7-18)31-17-19-4-2-1-3-5-19/h1-13,16H,14-15,17H2/b13-8+. The Balaban J connectivity index is 1.42. The van der Waals surface area contributed by atoms with Crippen LogP contribution in [0.3, 0.4) is 0 Å². The van der Waals surface area contributed by atoms with Gasteiger partial charge in [0.2, 0.25) is 0 Å². The van der Waals surface area contributed by atoms with E-state index in [0.29, 0.717) is 31.2 Å². The first-order valence-electron chi connectivity index (χ1n) is 9.78. The fraction of sp³-hybridized carbons (Fsp3) is 0.125. The van der Waals surface area contributed by atoms with Crippen molar-refractivity contribution >= 4 is 23.4 Å². The van der Waals surface area contributed by atoms with Crippen LogP contribution < -0.4 is 14.4 Å². The molecule has 3 aromatic rings. The van der Waals surface area contributed by atoms with E-state index in [0.717, 1.165) is 16.9 Å². The number of benzene rings is 3. The molecule has 1 heterocycles. The fourth-order valence-electron chi connectivity index (χ4n) is 3.22. The Morgan fingerprint density at radius 1 is 1.10 bits per heavy atom. The zero-order valence-electron chi connectivity index (χ0n) is 16.6. The lowest BCUT2D eigenvalue weighted by molar-refractivity contribution is -0.384. The molecule has 1 amide bonds. The minimum absolute atomic E-state index is 0.0860. The minimum Gasteiger partial charge on any atom is -0.490 e. The van der Waals surface area contributed by atoms with Gasteiger partial charge in [0.25, 0.3) is 11.6 Å². The Morgan fingerprint density at radius 2 is 1.87 bits per heavy atom. The van der Waals surface area contributed by atoms with Gasteiger partial charge in [-0.15, -0.1) is 0 Å². The average Bonchev–Trinajstić information content (AvgIpc) is 2.81. The molecule has 156 valence electrons. The van der Waals surface area contributed by atoms with Gasteiger partial charge in [-0.05, 0) is 35.4 Å². The Morgan fingerprint density at radius 3 is 2.61 bits per heavy atom. The highest BCUT2D eigenvalue weighted by Gasteiger charge is 2.24. The maximum absolute atomic E-state index is 12.7. The summed E-state index contributed by atoms with van der Waals surface area (Å²) in [5.74, 6) is 0.926. The lowest BCUT2D eigenvalue weighted by atomic mass is 10.1. The van der Waals surface area contributed by atoms with Crippen molar-refractivity contribution in [3.05, 3.63) is 100 Å². The summed E-state index contributed by atoms with van der Waals surface area (Å²) in [7, 11) is 0. The van der Waals surface area contributed by atoms with Crippen LogP contribution in [0.5, 0.6) is 11.5 Å². The number of ether oxygens (including phenoxy) is 2. The summed E-state index contributed by atoms with van der Waals surface area (Å²) in [6.07, 6.45) is 3.16. The molecule has 3 aromatic carbocycles. The van der Waals surface area contributed by atoms with Gasteiger partial charge < -0.3 is 14.4 Å². The first-order chi connectivity index (χ1) is 15.1. The van der Waals surface area contributed by atoms with Crippen LogP contribution in [0.4, 0.5) is 11.4 Å². The number of hydrogen-bond donors (Lipinski definition) is 0. The van der Waals surface area contributed by atoms with E-state index < -0.39 is 4.92 Å². The normalized spacial score (nSPS) is 12.8. The number of nitro benzene ring substituents is 1. The van der Waals surface area contributed by atoms with E-state index in [4.69, 9.17) is 9.47 Å². The molecule has 1 aliphatic heterocycles. The molecule has 7 heteroatoms.